The van der Waals surface area contributed by atoms with E-state index in [1.54, 1.807) is 12.1 Å². The Morgan fingerprint density at radius 1 is 0.371 bits per heavy atom. The van der Waals surface area contributed by atoms with Gasteiger partial charge in [0.05, 0.1) is 17.7 Å². The van der Waals surface area contributed by atoms with Crippen molar-refractivity contribution in [3.63, 3.8) is 0 Å². The van der Waals surface area contributed by atoms with Crippen molar-refractivity contribution in [2.75, 3.05) is 6.61 Å². The minimum absolute atomic E-state index is 0. The third kappa shape index (κ3) is 13.9. The van der Waals surface area contributed by atoms with E-state index in [2.05, 4.69) is 93.1 Å². The van der Waals surface area contributed by atoms with E-state index in [1.807, 2.05) is 64.1 Å². The topological polar surface area (TPSA) is 147 Å². The number of phenols is 3. The molecule has 0 atom stereocenters. The number of phenolic OH excluding ortho intramolecular Hbond substituents is 3. The maximum absolute atomic E-state index is 11.0. The van der Waals surface area contributed by atoms with E-state index in [-0.39, 0.29) is 66.9 Å². The molecular formula is C58H62N6O4UV. The molecule has 0 aliphatic carbocycles. The van der Waals surface area contributed by atoms with Crippen LogP contribution in [0.3, 0.4) is 0 Å². The van der Waals surface area contributed by atoms with E-state index >= 15 is 0 Å². The zero-order valence-corrected chi connectivity index (χ0v) is 47.3. The van der Waals surface area contributed by atoms with Gasteiger partial charge in [0, 0.05) is 84.1 Å². The van der Waals surface area contributed by atoms with Crippen LogP contribution in [0.2, 0.25) is 0 Å². The molecule has 8 aromatic rings. The Kier molecular flexibility index (Phi) is 19.9. The molecule has 70 heavy (non-hydrogen) atoms. The van der Waals surface area contributed by atoms with Gasteiger partial charge in [-0.25, -0.2) is 29.9 Å². The van der Waals surface area contributed by atoms with Crippen molar-refractivity contribution in [3.05, 3.63) is 154 Å². The van der Waals surface area contributed by atoms with Gasteiger partial charge in [-0.15, -0.1) is 0 Å². The average molecular weight is 1200 g/mol. The maximum Gasteiger partial charge on any atom is 0.167 e. The van der Waals surface area contributed by atoms with E-state index in [9.17, 15) is 15.3 Å². The second-order valence-electron chi connectivity index (χ2n) is 17.9. The fourth-order valence-electron chi connectivity index (χ4n) is 8.30. The van der Waals surface area contributed by atoms with Crippen LogP contribution in [0.4, 0.5) is 0 Å². The molecule has 0 bridgehead atoms. The molecule has 0 unspecified atom stereocenters. The molecule has 12 heteroatoms. The summed E-state index contributed by atoms with van der Waals surface area (Å²) in [5, 5.41) is 31.0. The van der Waals surface area contributed by atoms with Crippen molar-refractivity contribution >= 4 is 0 Å². The molecule has 3 N–H and O–H groups in total. The fraction of sp³-hybridized carbons (Fsp3) is 0.276. The monoisotopic (exact) mass is 1200 g/mol. The molecule has 1 radical (unpaired) electrons. The molecule has 0 saturated carbocycles. The summed E-state index contributed by atoms with van der Waals surface area (Å²) >= 11 is 0. The summed E-state index contributed by atoms with van der Waals surface area (Å²) in [7, 11) is 0. The zero-order chi connectivity index (χ0) is 48.5. The number of aromatic nitrogens is 6. The van der Waals surface area contributed by atoms with Crippen molar-refractivity contribution in [1.29, 1.82) is 0 Å². The standard InChI is InChI=1S/C33H39N3O2.C25H23N3O2.U.V/c1-6-7-8-9-10-11-18-38-26-14-17-29(30(37)21-26)33-35-31(27-15-12-22(2)19-24(27)4)34-32(36-33)28-16-13-23(3)20-25(28)5;1-14-5-8-19(16(3)11-14)23-26-24(20-9-6-15(2)12-17(20)4)28-25(27-23)21-10-7-18(29)13-22(21)30;;/h12-17,19-21,37H,6-11,18H2,1-5H3;5-13,29-30H,1-4H3;;. The third-order valence-corrected chi connectivity index (χ3v) is 12.0. The summed E-state index contributed by atoms with van der Waals surface area (Å²) in [6.07, 6.45) is 7.25. The average Bonchev–Trinajstić information content (AvgIpc) is 3.28. The summed E-state index contributed by atoms with van der Waals surface area (Å²) < 4.78 is 5.91. The molecule has 10 nitrogen and oxygen atoms in total. The van der Waals surface area contributed by atoms with Crippen LogP contribution in [-0.2, 0) is 18.6 Å². The molecule has 357 valence electrons. The molecule has 0 aliphatic heterocycles. The normalized spacial score (nSPS) is 10.7. The molecule has 2 heterocycles. The Morgan fingerprint density at radius 2 is 0.686 bits per heavy atom. The number of unbranched alkanes of at least 4 members (excludes halogenated alkanes) is 5. The number of ether oxygens (including phenoxy) is 1. The summed E-state index contributed by atoms with van der Waals surface area (Å²) in [6.45, 7) is 19.3. The SMILES string of the molecule is CCCCCCCCOc1ccc(-c2nc(-c3ccc(C)cc3C)nc(-c3ccc(C)cc3C)n2)c(O)c1.Cc1ccc(-c2nc(-c3ccc(C)cc3C)nc(-c3ccc(O)cc3O)n2)c(C)c1.[U].[V]. The van der Waals surface area contributed by atoms with Gasteiger partial charge in [0.15, 0.2) is 34.9 Å². The molecule has 0 amide bonds. The number of hydrogen-bond donors (Lipinski definition) is 3. The van der Waals surface area contributed by atoms with Crippen LogP contribution in [0, 0.1) is 86.5 Å². The Bertz CT molecular complexity index is 2850. The van der Waals surface area contributed by atoms with Gasteiger partial charge in [-0.1, -0.05) is 134 Å². The summed E-state index contributed by atoms with van der Waals surface area (Å²) in [6, 6.07) is 34.5. The van der Waals surface area contributed by atoms with E-state index < -0.39 is 0 Å². The van der Waals surface area contributed by atoms with E-state index in [0.29, 0.717) is 58.4 Å². The Morgan fingerprint density at radius 3 is 1.03 bits per heavy atom. The minimum atomic E-state index is -0.0839. The van der Waals surface area contributed by atoms with E-state index in [1.165, 1.54) is 48.9 Å². The van der Waals surface area contributed by atoms with Crippen LogP contribution in [0.15, 0.2) is 109 Å². The number of rotatable bonds is 14. The molecule has 0 saturated heterocycles. The van der Waals surface area contributed by atoms with Crippen LogP contribution in [0.5, 0.6) is 23.0 Å². The van der Waals surface area contributed by atoms with Gasteiger partial charge in [-0.05, 0) is 108 Å². The first kappa shape index (κ1) is 55.1. The van der Waals surface area contributed by atoms with Crippen LogP contribution < -0.4 is 4.74 Å². The van der Waals surface area contributed by atoms with Crippen molar-refractivity contribution in [2.45, 2.75) is 101 Å². The van der Waals surface area contributed by atoms with Crippen LogP contribution in [-0.4, -0.2) is 51.8 Å². The predicted molar refractivity (Wildman–Crippen MR) is 274 cm³/mol. The minimum Gasteiger partial charge on any atom is -0.508 e. The second kappa shape index (κ2) is 25.3. The van der Waals surface area contributed by atoms with E-state index in [4.69, 9.17) is 24.7 Å². The number of aryl methyl sites for hydroxylation is 8. The molecule has 0 aliphatic rings. The summed E-state index contributed by atoms with van der Waals surface area (Å²) in [5.74, 6) is 3.69. The van der Waals surface area contributed by atoms with Gasteiger partial charge in [0.25, 0.3) is 0 Å². The van der Waals surface area contributed by atoms with Gasteiger partial charge in [-0.3, -0.25) is 0 Å². The molecule has 0 fully saturated rings. The molecule has 6 aromatic carbocycles. The van der Waals surface area contributed by atoms with Crippen molar-refractivity contribution in [3.8, 4) is 91.3 Å². The Balaban J connectivity index is 0.000000260. The van der Waals surface area contributed by atoms with Gasteiger partial charge in [0.1, 0.15) is 23.0 Å². The number of aromatic hydroxyl groups is 3. The molecule has 0 spiro atoms. The summed E-state index contributed by atoms with van der Waals surface area (Å²) in [4.78, 5) is 28.6. The second-order valence-corrected chi connectivity index (χ2v) is 17.9. The molecule has 8 rings (SSSR count). The number of benzene rings is 6. The molecule has 2 aromatic heterocycles. The first-order valence-electron chi connectivity index (χ1n) is 23.5. The Labute approximate surface area is 448 Å². The van der Waals surface area contributed by atoms with Crippen molar-refractivity contribution < 1.29 is 69.7 Å². The van der Waals surface area contributed by atoms with Crippen molar-refractivity contribution in [1.82, 2.24) is 29.9 Å². The Hall–Kier alpha value is -5.82. The van der Waals surface area contributed by atoms with Crippen LogP contribution in [0.1, 0.15) is 90.0 Å². The zero-order valence-electron chi connectivity index (χ0n) is 41.7. The quantitative estimate of drug-likeness (QED) is 0.0899. The smallest absolute Gasteiger partial charge is 0.167 e. The largest absolute Gasteiger partial charge is 0.508 e. The van der Waals surface area contributed by atoms with Crippen LogP contribution in [0.25, 0.3) is 68.3 Å². The van der Waals surface area contributed by atoms with Gasteiger partial charge in [-0.2, -0.15) is 0 Å². The van der Waals surface area contributed by atoms with Crippen molar-refractivity contribution in [2.24, 2.45) is 0 Å². The van der Waals surface area contributed by atoms with E-state index in [0.717, 1.165) is 68.5 Å². The van der Waals surface area contributed by atoms with Gasteiger partial charge >= 0.3 is 0 Å². The number of hydrogen-bond acceptors (Lipinski definition) is 10. The summed E-state index contributed by atoms with van der Waals surface area (Å²) in [5.41, 5.74) is 13.7. The fourth-order valence-corrected chi connectivity index (χ4v) is 8.30. The van der Waals surface area contributed by atoms with Crippen LogP contribution >= 0.6 is 0 Å². The number of nitrogens with zero attached hydrogens (tertiary/aromatic N) is 6. The first-order chi connectivity index (χ1) is 32.7. The third-order valence-electron chi connectivity index (χ3n) is 12.0. The first-order valence-corrected chi connectivity index (χ1v) is 23.5. The maximum atomic E-state index is 11.0. The van der Waals surface area contributed by atoms with Gasteiger partial charge in [0.2, 0.25) is 0 Å². The van der Waals surface area contributed by atoms with Gasteiger partial charge < -0.3 is 20.1 Å². The predicted octanol–water partition coefficient (Wildman–Crippen LogP) is 14.1. The molecular weight excluding hydrogens is 1130 g/mol.